The van der Waals surface area contributed by atoms with Gasteiger partial charge in [-0.25, -0.2) is 0 Å². The van der Waals surface area contributed by atoms with Crippen LogP contribution in [0.1, 0.15) is 37.5 Å². The number of aromatic nitrogens is 2. The van der Waals surface area contributed by atoms with E-state index >= 15 is 0 Å². The topological polar surface area (TPSA) is 97.6 Å². The van der Waals surface area contributed by atoms with Crippen LogP contribution in [0.5, 0.6) is 0 Å². The Balaban J connectivity index is 1.96. The maximum Gasteiger partial charge on any atom is 0.280 e. The monoisotopic (exact) mass is 304 g/mol. The largest absolute Gasteiger partial charge is 0.384 e. The van der Waals surface area contributed by atoms with Gasteiger partial charge in [0.05, 0.1) is 12.6 Å². The molecule has 0 saturated carbocycles. The minimum Gasteiger partial charge on any atom is -0.384 e. The molecule has 0 aliphatic carbocycles. The fourth-order valence-electron chi connectivity index (χ4n) is 2.02. The molecule has 1 fully saturated rings. The fourth-order valence-corrected chi connectivity index (χ4v) is 3.45. The van der Waals surface area contributed by atoms with Crippen LogP contribution in [0.15, 0.2) is 4.52 Å². The predicted molar refractivity (Wildman–Crippen MR) is 71.2 cm³/mol. The molecule has 1 unspecified atom stereocenters. The van der Waals surface area contributed by atoms with Gasteiger partial charge in [-0.3, -0.25) is 0 Å². The van der Waals surface area contributed by atoms with Gasteiger partial charge in [0.1, 0.15) is 0 Å². The second-order valence-electron chi connectivity index (χ2n) is 4.74. The van der Waals surface area contributed by atoms with Crippen LogP contribution in [-0.2, 0) is 21.4 Å². The Morgan fingerprint density at radius 3 is 2.80 bits per heavy atom. The lowest BCUT2D eigenvalue weighted by atomic mass is 10.3. The number of rotatable bonds is 7. The second-order valence-corrected chi connectivity index (χ2v) is 6.44. The van der Waals surface area contributed by atoms with E-state index < -0.39 is 16.3 Å². The molecular weight excluding hydrogens is 284 g/mol. The van der Waals surface area contributed by atoms with E-state index in [-0.39, 0.29) is 5.89 Å². The average Bonchev–Trinajstić information content (AvgIpc) is 3.07. The van der Waals surface area contributed by atoms with Gasteiger partial charge in [0.2, 0.25) is 5.89 Å². The Bertz CT molecular complexity index is 524. The molecule has 1 aliphatic rings. The van der Waals surface area contributed by atoms with Gasteiger partial charge in [-0.2, -0.15) is 22.4 Å². The molecule has 114 valence electrons. The first-order chi connectivity index (χ1) is 9.53. The molecule has 8 nitrogen and oxygen atoms in total. The molecule has 1 aromatic rings. The summed E-state index contributed by atoms with van der Waals surface area (Å²) in [6.45, 7) is 3.30. The number of nitrogens with one attached hydrogen (secondary N) is 1. The summed E-state index contributed by atoms with van der Waals surface area (Å²) in [6.07, 6.45) is 2.33. The van der Waals surface area contributed by atoms with Gasteiger partial charge in [0, 0.05) is 26.6 Å². The smallest absolute Gasteiger partial charge is 0.280 e. The summed E-state index contributed by atoms with van der Waals surface area (Å²) in [5.74, 6) is 0.771. The summed E-state index contributed by atoms with van der Waals surface area (Å²) >= 11 is 0. The molecule has 1 aromatic heterocycles. The highest BCUT2D eigenvalue weighted by Gasteiger charge is 2.28. The summed E-state index contributed by atoms with van der Waals surface area (Å²) in [6, 6.07) is -0.551. The average molecular weight is 304 g/mol. The molecule has 0 aromatic carbocycles. The molecule has 2 rings (SSSR count). The number of methoxy groups -OCH3 is 1. The summed E-state index contributed by atoms with van der Waals surface area (Å²) in [4.78, 5) is 4.16. The van der Waals surface area contributed by atoms with Crippen LogP contribution < -0.4 is 4.72 Å². The first-order valence-electron chi connectivity index (χ1n) is 6.62. The zero-order chi connectivity index (χ0) is 14.6. The Morgan fingerprint density at radius 2 is 2.15 bits per heavy atom. The van der Waals surface area contributed by atoms with Crippen molar-refractivity contribution in [1.82, 2.24) is 19.2 Å². The Labute approximate surface area is 118 Å². The van der Waals surface area contributed by atoms with Crippen molar-refractivity contribution in [2.24, 2.45) is 0 Å². The maximum atomic E-state index is 12.1. The molecule has 1 aliphatic heterocycles. The van der Waals surface area contributed by atoms with Crippen LogP contribution >= 0.6 is 0 Å². The van der Waals surface area contributed by atoms with Gasteiger partial charge in [-0.15, -0.1) is 0 Å². The Morgan fingerprint density at radius 1 is 1.45 bits per heavy atom. The lowest BCUT2D eigenvalue weighted by molar-refractivity contribution is 0.199. The minimum atomic E-state index is -3.48. The lowest BCUT2D eigenvalue weighted by Gasteiger charge is -2.18. The quantitative estimate of drug-likeness (QED) is 0.775. The first-order valence-corrected chi connectivity index (χ1v) is 8.06. The molecule has 9 heteroatoms. The van der Waals surface area contributed by atoms with Gasteiger partial charge in [-0.1, -0.05) is 5.16 Å². The third kappa shape index (κ3) is 3.75. The van der Waals surface area contributed by atoms with Crippen molar-refractivity contribution >= 4 is 10.2 Å². The maximum absolute atomic E-state index is 12.1. The van der Waals surface area contributed by atoms with Gasteiger partial charge >= 0.3 is 0 Å². The van der Waals surface area contributed by atoms with E-state index in [2.05, 4.69) is 14.9 Å². The zero-order valence-electron chi connectivity index (χ0n) is 11.7. The minimum absolute atomic E-state index is 0.263. The SMILES string of the molecule is COCCc1noc(C(C)NS(=O)(=O)N2CCCC2)n1. The highest BCUT2D eigenvalue weighted by atomic mass is 32.2. The van der Waals surface area contributed by atoms with Crippen molar-refractivity contribution in [3.05, 3.63) is 11.7 Å². The molecule has 0 spiro atoms. The van der Waals surface area contributed by atoms with Crippen molar-refractivity contribution in [1.29, 1.82) is 0 Å². The number of hydrogen-bond donors (Lipinski definition) is 1. The molecular formula is C11H20N4O4S. The third-order valence-electron chi connectivity index (χ3n) is 3.11. The van der Waals surface area contributed by atoms with E-state index in [1.54, 1.807) is 14.0 Å². The number of ether oxygens (including phenoxy) is 1. The van der Waals surface area contributed by atoms with E-state index in [9.17, 15) is 8.42 Å². The van der Waals surface area contributed by atoms with Crippen molar-refractivity contribution < 1.29 is 17.7 Å². The van der Waals surface area contributed by atoms with E-state index in [0.717, 1.165) is 12.8 Å². The molecule has 1 saturated heterocycles. The van der Waals surface area contributed by atoms with E-state index in [0.29, 0.717) is 31.9 Å². The standard InChI is InChI=1S/C11H20N4O4S/c1-9(11-12-10(13-19-11)5-8-18-2)14-20(16,17)15-6-3-4-7-15/h9,14H,3-8H2,1-2H3. The van der Waals surface area contributed by atoms with Crippen molar-refractivity contribution in [2.45, 2.75) is 32.2 Å². The molecule has 0 radical (unpaired) electrons. The van der Waals surface area contributed by atoms with Crippen molar-refractivity contribution in [2.75, 3.05) is 26.8 Å². The van der Waals surface area contributed by atoms with Crippen LogP contribution in [-0.4, -0.2) is 49.7 Å². The van der Waals surface area contributed by atoms with Crippen molar-refractivity contribution in [3.8, 4) is 0 Å². The normalized spacial score (nSPS) is 18.5. The van der Waals surface area contributed by atoms with Crippen LogP contribution in [0.25, 0.3) is 0 Å². The molecule has 0 amide bonds. The molecule has 1 N–H and O–H groups in total. The summed E-state index contributed by atoms with van der Waals surface area (Å²) in [5.41, 5.74) is 0. The predicted octanol–water partition coefficient (Wildman–Crippen LogP) is 0.250. The highest BCUT2D eigenvalue weighted by Crippen LogP contribution is 2.16. The Hall–Kier alpha value is -1.03. The van der Waals surface area contributed by atoms with E-state index in [1.807, 2.05) is 0 Å². The molecule has 2 heterocycles. The molecule has 20 heavy (non-hydrogen) atoms. The third-order valence-corrected chi connectivity index (χ3v) is 4.81. The number of hydrogen-bond acceptors (Lipinski definition) is 6. The lowest BCUT2D eigenvalue weighted by Crippen LogP contribution is -2.40. The van der Waals surface area contributed by atoms with Crippen LogP contribution in [0, 0.1) is 0 Å². The van der Waals surface area contributed by atoms with Gasteiger partial charge in [0.25, 0.3) is 10.2 Å². The van der Waals surface area contributed by atoms with Crippen LogP contribution in [0.3, 0.4) is 0 Å². The van der Waals surface area contributed by atoms with Crippen LogP contribution in [0.2, 0.25) is 0 Å². The van der Waals surface area contributed by atoms with Crippen LogP contribution in [0.4, 0.5) is 0 Å². The van der Waals surface area contributed by atoms with Gasteiger partial charge < -0.3 is 9.26 Å². The van der Waals surface area contributed by atoms with E-state index in [1.165, 1.54) is 4.31 Å². The summed E-state index contributed by atoms with van der Waals surface area (Å²) in [7, 11) is -1.89. The Kier molecular flexibility index (Phi) is 5.08. The molecule has 1 atom stereocenters. The summed E-state index contributed by atoms with van der Waals surface area (Å²) < 4.78 is 38.2. The fraction of sp³-hybridized carbons (Fsp3) is 0.818. The zero-order valence-corrected chi connectivity index (χ0v) is 12.5. The summed E-state index contributed by atoms with van der Waals surface area (Å²) in [5, 5.41) is 3.79. The second kappa shape index (κ2) is 6.61. The van der Waals surface area contributed by atoms with E-state index in [4.69, 9.17) is 9.26 Å². The van der Waals surface area contributed by atoms with Gasteiger partial charge in [-0.05, 0) is 19.8 Å². The number of nitrogens with zero attached hydrogens (tertiary/aromatic N) is 3. The van der Waals surface area contributed by atoms with Gasteiger partial charge in [0.15, 0.2) is 5.82 Å². The van der Waals surface area contributed by atoms with Crippen molar-refractivity contribution in [3.63, 3.8) is 0 Å². The first kappa shape index (κ1) is 15.4. The molecule has 0 bridgehead atoms. The highest BCUT2D eigenvalue weighted by molar-refractivity contribution is 7.87.